The van der Waals surface area contributed by atoms with E-state index in [9.17, 15) is 9.59 Å². The molecule has 0 aromatic rings. The number of fused-ring (bicyclic) bond motifs is 1. The van der Waals surface area contributed by atoms with E-state index < -0.39 is 0 Å². The molecule has 0 amide bonds. The van der Waals surface area contributed by atoms with Gasteiger partial charge in [-0.15, -0.1) is 0 Å². The monoisotopic (exact) mass is 262 g/mol. The van der Waals surface area contributed by atoms with Gasteiger partial charge in [0.25, 0.3) is 0 Å². The summed E-state index contributed by atoms with van der Waals surface area (Å²) in [6, 6.07) is 0. The standard InChI is InChI=1S/C15H18O4/c1-7-11-10(18-13(7)16)6-8-4-3-5-9-14(17)19-12(11)15(8,9)2/h7-9,12H,3-6H2,1-2H3/t7-,8+,9+,12-,15-/m0/s1. The molecule has 1 saturated heterocycles. The smallest absolute Gasteiger partial charge is 0.318 e. The Morgan fingerprint density at radius 3 is 2.79 bits per heavy atom. The maximum absolute atomic E-state index is 12.2. The van der Waals surface area contributed by atoms with Gasteiger partial charge in [-0.25, -0.2) is 0 Å². The molecule has 102 valence electrons. The topological polar surface area (TPSA) is 52.6 Å². The fraction of sp³-hybridized carbons (Fsp3) is 0.733. The van der Waals surface area contributed by atoms with Gasteiger partial charge >= 0.3 is 11.9 Å². The van der Waals surface area contributed by atoms with Gasteiger partial charge in [0.2, 0.25) is 0 Å². The molecule has 0 bridgehead atoms. The van der Waals surface area contributed by atoms with Crippen LogP contribution in [0.2, 0.25) is 0 Å². The van der Waals surface area contributed by atoms with Crippen molar-refractivity contribution < 1.29 is 19.1 Å². The van der Waals surface area contributed by atoms with Gasteiger partial charge in [-0.05, 0) is 25.7 Å². The molecule has 4 heteroatoms. The highest BCUT2D eigenvalue weighted by Gasteiger charge is 2.64. The van der Waals surface area contributed by atoms with E-state index in [4.69, 9.17) is 9.47 Å². The zero-order valence-corrected chi connectivity index (χ0v) is 11.3. The average Bonchev–Trinajstić information content (AvgIpc) is 2.78. The van der Waals surface area contributed by atoms with E-state index in [-0.39, 0.29) is 35.3 Å². The van der Waals surface area contributed by atoms with Crippen LogP contribution in [0.4, 0.5) is 0 Å². The Balaban J connectivity index is 1.86. The molecular formula is C15H18O4. The highest BCUT2D eigenvalue weighted by atomic mass is 16.6. The molecule has 0 N–H and O–H groups in total. The zero-order valence-electron chi connectivity index (χ0n) is 11.3. The van der Waals surface area contributed by atoms with Crippen molar-refractivity contribution >= 4 is 11.9 Å². The maximum atomic E-state index is 12.2. The molecule has 0 unspecified atom stereocenters. The molecule has 2 heterocycles. The van der Waals surface area contributed by atoms with Crippen LogP contribution in [0.3, 0.4) is 0 Å². The van der Waals surface area contributed by atoms with Crippen LogP contribution >= 0.6 is 0 Å². The van der Waals surface area contributed by atoms with Crippen molar-refractivity contribution in [3.63, 3.8) is 0 Å². The molecule has 0 aromatic heterocycles. The normalized spacial score (nSPS) is 47.7. The van der Waals surface area contributed by atoms with Gasteiger partial charge in [0.05, 0.1) is 11.8 Å². The van der Waals surface area contributed by atoms with Crippen LogP contribution in [0.25, 0.3) is 0 Å². The van der Waals surface area contributed by atoms with Gasteiger partial charge < -0.3 is 9.47 Å². The van der Waals surface area contributed by atoms with Crippen molar-refractivity contribution in [3.05, 3.63) is 11.3 Å². The second-order valence-corrected chi connectivity index (χ2v) is 6.59. The number of hydrogen-bond donors (Lipinski definition) is 0. The van der Waals surface area contributed by atoms with E-state index >= 15 is 0 Å². The number of allylic oxidation sites excluding steroid dienone is 1. The van der Waals surface area contributed by atoms with Crippen LogP contribution in [0.15, 0.2) is 11.3 Å². The lowest BCUT2D eigenvalue weighted by Crippen LogP contribution is -2.47. The first-order chi connectivity index (χ1) is 9.03. The Morgan fingerprint density at radius 2 is 2.00 bits per heavy atom. The number of carbonyl (C=O) groups excluding carboxylic acids is 2. The van der Waals surface area contributed by atoms with Crippen molar-refractivity contribution in [2.24, 2.45) is 23.2 Å². The first kappa shape index (κ1) is 11.5. The highest BCUT2D eigenvalue weighted by Crippen LogP contribution is 2.61. The van der Waals surface area contributed by atoms with E-state index in [0.717, 1.165) is 37.0 Å². The van der Waals surface area contributed by atoms with Gasteiger partial charge in [0.15, 0.2) is 0 Å². The fourth-order valence-corrected chi connectivity index (χ4v) is 4.68. The predicted molar refractivity (Wildman–Crippen MR) is 65.7 cm³/mol. The first-order valence-corrected chi connectivity index (χ1v) is 7.18. The van der Waals surface area contributed by atoms with Crippen LogP contribution < -0.4 is 0 Å². The first-order valence-electron chi connectivity index (χ1n) is 7.18. The van der Waals surface area contributed by atoms with Crippen LogP contribution in [0, 0.1) is 23.2 Å². The Bertz CT molecular complexity index is 520. The second-order valence-electron chi connectivity index (χ2n) is 6.59. The van der Waals surface area contributed by atoms with Crippen molar-refractivity contribution in [3.8, 4) is 0 Å². The molecule has 2 fully saturated rings. The Morgan fingerprint density at radius 1 is 1.21 bits per heavy atom. The summed E-state index contributed by atoms with van der Waals surface area (Å²) >= 11 is 0. The van der Waals surface area contributed by atoms with Gasteiger partial charge in [-0.1, -0.05) is 13.3 Å². The zero-order chi connectivity index (χ0) is 13.4. The molecular weight excluding hydrogens is 244 g/mol. The largest absolute Gasteiger partial charge is 0.457 e. The molecule has 0 radical (unpaired) electrons. The summed E-state index contributed by atoms with van der Waals surface area (Å²) in [6.45, 7) is 4.04. The Labute approximate surface area is 112 Å². The SMILES string of the molecule is C[C@@H]1C(=O)OC2=C1[C@@H]1OC(=O)[C@H]3CCC[C@H](C2)[C@@]31C. The lowest BCUT2D eigenvalue weighted by atomic mass is 9.55. The van der Waals surface area contributed by atoms with E-state index in [2.05, 4.69) is 6.92 Å². The molecule has 4 nitrogen and oxygen atoms in total. The number of esters is 2. The third-order valence-corrected chi connectivity index (χ3v) is 5.84. The number of rotatable bonds is 0. The van der Waals surface area contributed by atoms with Crippen molar-refractivity contribution in [2.75, 3.05) is 0 Å². The maximum Gasteiger partial charge on any atom is 0.318 e. The van der Waals surface area contributed by atoms with Crippen LogP contribution in [-0.2, 0) is 19.1 Å². The van der Waals surface area contributed by atoms with E-state index in [1.54, 1.807) is 0 Å². The summed E-state index contributed by atoms with van der Waals surface area (Å²) in [5, 5.41) is 0. The van der Waals surface area contributed by atoms with Crippen molar-refractivity contribution in [1.29, 1.82) is 0 Å². The van der Waals surface area contributed by atoms with Crippen molar-refractivity contribution in [2.45, 2.75) is 45.6 Å². The minimum Gasteiger partial charge on any atom is -0.457 e. The van der Waals surface area contributed by atoms with Gasteiger partial charge in [-0.3, -0.25) is 9.59 Å². The summed E-state index contributed by atoms with van der Waals surface area (Å²) in [5.41, 5.74) is 0.817. The van der Waals surface area contributed by atoms with Crippen molar-refractivity contribution in [1.82, 2.24) is 0 Å². The minimum atomic E-state index is -0.258. The molecule has 0 spiro atoms. The van der Waals surface area contributed by atoms with Crippen LogP contribution in [0.5, 0.6) is 0 Å². The third kappa shape index (κ3) is 1.20. The van der Waals surface area contributed by atoms with Crippen LogP contribution in [-0.4, -0.2) is 18.0 Å². The summed E-state index contributed by atoms with van der Waals surface area (Å²) in [6.07, 6.45) is 3.65. The second kappa shape index (κ2) is 3.41. The van der Waals surface area contributed by atoms with Crippen LogP contribution in [0.1, 0.15) is 39.5 Å². The third-order valence-electron chi connectivity index (χ3n) is 5.84. The lowest BCUT2D eigenvalue weighted by molar-refractivity contribution is -0.144. The van der Waals surface area contributed by atoms with Gasteiger partial charge in [0, 0.05) is 17.4 Å². The summed E-state index contributed by atoms with van der Waals surface area (Å²) in [4.78, 5) is 24.0. The molecule has 0 aromatic carbocycles. The molecule has 2 aliphatic heterocycles. The molecule has 19 heavy (non-hydrogen) atoms. The molecule has 1 saturated carbocycles. The summed E-state index contributed by atoms with van der Waals surface area (Å²) in [5.74, 6) is 0.684. The van der Waals surface area contributed by atoms with Gasteiger partial charge in [-0.2, -0.15) is 0 Å². The molecule has 5 atom stereocenters. The molecule has 2 aliphatic carbocycles. The molecule has 4 aliphatic rings. The Kier molecular flexibility index (Phi) is 2.06. The number of ether oxygens (including phenoxy) is 2. The summed E-state index contributed by atoms with van der Waals surface area (Å²) in [7, 11) is 0. The quantitative estimate of drug-likeness (QED) is 0.628. The summed E-state index contributed by atoms with van der Waals surface area (Å²) < 4.78 is 11.1. The van der Waals surface area contributed by atoms with E-state index in [1.165, 1.54) is 0 Å². The van der Waals surface area contributed by atoms with E-state index in [1.807, 2.05) is 6.92 Å². The predicted octanol–water partition coefficient (Wildman–Crippen LogP) is 2.19. The molecule has 4 rings (SSSR count). The number of carbonyl (C=O) groups is 2. The average molecular weight is 262 g/mol. The lowest BCUT2D eigenvalue weighted by Gasteiger charge is -2.46. The minimum absolute atomic E-state index is 0.00759. The highest BCUT2D eigenvalue weighted by molar-refractivity contribution is 5.83. The number of hydrogen-bond acceptors (Lipinski definition) is 4. The Hall–Kier alpha value is -1.32. The van der Waals surface area contributed by atoms with Gasteiger partial charge in [0.1, 0.15) is 11.9 Å². The fourth-order valence-electron chi connectivity index (χ4n) is 4.68. The van der Waals surface area contributed by atoms with E-state index in [0.29, 0.717) is 5.92 Å².